The first kappa shape index (κ1) is 11.7. The lowest BCUT2D eigenvalue weighted by molar-refractivity contribution is 0.484. The van der Waals surface area contributed by atoms with Crippen molar-refractivity contribution in [2.45, 2.75) is 26.2 Å². The molecule has 0 bridgehead atoms. The maximum absolute atomic E-state index is 8.47. The fraction of sp³-hybridized carbons (Fsp3) is 0.462. The van der Waals surface area contributed by atoms with Gasteiger partial charge in [0, 0.05) is 12.0 Å². The fourth-order valence-corrected chi connectivity index (χ4v) is 1.60. The van der Waals surface area contributed by atoms with E-state index in [4.69, 9.17) is 5.26 Å². The van der Waals surface area contributed by atoms with E-state index in [0.29, 0.717) is 6.54 Å². The van der Waals surface area contributed by atoms with Crippen LogP contribution in [0.4, 0.5) is 0 Å². The summed E-state index contributed by atoms with van der Waals surface area (Å²) in [5, 5.41) is 11.6. The predicted molar refractivity (Wildman–Crippen MR) is 62.7 cm³/mol. The van der Waals surface area contributed by atoms with Crippen LogP contribution >= 0.6 is 0 Å². The van der Waals surface area contributed by atoms with Gasteiger partial charge in [0.25, 0.3) is 0 Å². The Morgan fingerprint density at radius 1 is 1.40 bits per heavy atom. The van der Waals surface area contributed by atoms with Crippen LogP contribution in [-0.2, 0) is 5.41 Å². The molecule has 0 aliphatic heterocycles. The van der Waals surface area contributed by atoms with Gasteiger partial charge in [-0.15, -0.1) is 0 Å². The Morgan fingerprint density at radius 3 is 2.73 bits per heavy atom. The standard InChI is InChI=1S/C13H18N2/c1-11-5-4-6-12(9-11)13(2,3)10-15-8-7-14/h4-6,9,15H,8,10H2,1-3H3. The summed E-state index contributed by atoms with van der Waals surface area (Å²) in [5.41, 5.74) is 2.66. The van der Waals surface area contributed by atoms with E-state index in [1.807, 2.05) is 0 Å². The van der Waals surface area contributed by atoms with Crippen molar-refractivity contribution >= 4 is 0 Å². The number of nitrogens with one attached hydrogen (secondary N) is 1. The molecule has 1 aromatic rings. The molecule has 0 unspecified atom stereocenters. The summed E-state index contributed by atoms with van der Waals surface area (Å²) >= 11 is 0. The van der Waals surface area contributed by atoms with Crippen LogP contribution in [-0.4, -0.2) is 13.1 Å². The minimum Gasteiger partial charge on any atom is -0.304 e. The van der Waals surface area contributed by atoms with Crippen LogP contribution in [0, 0.1) is 18.3 Å². The van der Waals surface area contributed by atoms with Gasteiger partial charge in [-0.3, -0.25) is 0 Å². The lowest BCUT2D eigenvalue weighted by atomic mass is 9.84. The predicted octanol–water partition coefficient (Wildman–Crippen LogP) is 2.39. The second-order valence-corrected chi connectivity index (χ2v) is 4.52. The van der Waals surface area contributed by atoms with Crippen LogP contribution in [0.3, 0.4) is 0 Å². The second-order valence-electron chi connectivity index (χ2n) is 4.52. The van der Waals surface area contributed by atoms with E-state index in [9.17, 15) is 0 Å². The SMILES string of the molecule is Cc1cccc(C(C)(C)CNCC#N)c1. The van der Waals surface area contributed by atoms with E-state index in [0.717, 1.165) is 6.54 Å². The quantitative estimate of drug-likeness (QED) is 0.601. The molecule has 2 heteroatoms. The van der Waals surface area contributed by atoms with Gasteiger partial charge in [0.2, 0.25) is 0 Å². The van der Waals surface area contributed by atoms with Gasteiger partial charge in [-0.2, -0.15) is 5.26 Å². The van der Waals surface area contributed by atoms with Crippen LogP contribution < -0.4 is 5.32 Å². The molecule has 0 heterocycles. The molecule has 1 rings (SSSR count). The Balaban J connectivity index is 2.73. The van der Waals surface area contributed by atoms with Crippen LogP contribution in [0.5, 0.6) is 0 Å². The maximum Gasteiger partial charge on any atom is 0.0841 e. The summed E-state index contributed by atoms with van der Waals surface area (Å²) in [4.78, 5) is 0. The number of nitriles is 1. The molecule has 0 aromatic heterocycles. The van der Waals surface area contributed by atoms with Crippen molar-refractivity contribution in [3.63, 3.8) is 0 Å². The summed E-state index contributed by atoms with van der Waals surface area (Å²) in [6.45, 7) is 7.71. The minimum atomic E-state index is 0.0723. The van der Waals surface area contributed by atoms with E-state index in [-0.39, 0.29) is 5.41 Å². The number of rotatable bonds is 4. The highest BCUT2D eigenvalue weighted by atomic mass is 14.9. The summed E-state index contributed by atoms with van der Waals surface area (Å²) in [6.07, 6.45) is 0. The molecule has 1 aromatic carbocycles. The largest absolute Gasteiger partial charge is 0.304 e. The zero-order valence-corrected chi connectivity index (χ0v) is 9.67. The van der Waals surface area contributed by atoms with Gasteiger partial charge in [0.15, 0.2) is 0 Å². The van der Waals surface area contributed by atoms with Crippen molar-refractivity contribution < 1.29 is 0 Å². The van der Waals surface area contributed by atoms with E-state index >= 15 is 0 Å². The first-order valence-corrected chi connectivity index (χ1v) is 5.21. The maximum atomic E-state index is 8.47. The van der Waals surface area contributed by atoms with Crippen molar-refractivity contribution in [1.82, 2.24) is 5.32 Å². The third kappa shape index (κ3) is 3.38. The monoisotopic (exact) mass is 202 g/mol. The highest BCUT2D eigenvalue weighted by Crippen LogP contribution is 2.22. The molecule has 1 N–H and O–H groups in total. The molecule has 2 nitrogen and oxygen atoms in total. The molecule has 0 aliphatic carbocycles. The van der Waals surface area contributed by atoms with Crippen molar-refractivity contribution in [3.8, 4) is 6.07 Å². The number of nitrogens with zero attached hydrogens (tertiary/aromatic N) is 1. The Kier molecular flexibility index (Phi) is 3.88. The Bertz CT molecular complexity index is 361. The zero-order valence-electron chi connectivity index (χ0n) is 9.67. The lowest BCUT2D eigenvalue weighted by Crippen LogP contribution is -2.33. The smallest absolute Gasteiger partial charge is 0.0841 e. The van der Waals surface area contributed by atoms with Crippen molar-refractivity contribution in [3.05, 3.63) is 35.4 Å². The van der Waals surface area contributed by atoms with E-state index in [1.54, 1.807) is 0 Å². The molecule has 0 saturated heterocycles. The number of aryl methyl sites for hydroxylation is 1. The lowest BCUT2D eigenvalue weighted by Gasteiger charge is -2.25. The molecule has 0 amide bonds. The van der Waals surface area contributed by atoms with Crippen LogP contribution in [0.1, 0.15) is 25.0 Å². The third-order valence-electron chi connectivity index (χ3n) is 2.57. The van der Waals surface area contributed by atoms with E-state index < -0.39 is 0 Å². The first-order chi connectivity index (χ1) is 7.06. The normalized spacial score (nSPS) is 11.1. The van der Waals surface area contributed by atoms with Crippen LogP contribution in [0.25, 0.3) is 0 Å². The molecule has 0 saturated carbocycles. The summed E-state index contributed by atoms with van der Waals surface area (Å²) < 4.78 is 0. The van der Waals surface area contributed by atoms with Gasteiger partial charge in [-0.1, -0.05) is 43.7 Å². The molecular formula is C13H18N2. The highest BCUT2D eigenvalue weighted by Gasteiger charge is 2.19. The van der Waals surface area contributed by atoms with Crippen LogP contribution in [0.2, 0.25) is 0 Å². The van der Waals surface area contributed by atoms with Gasteiger partial charge in [0.05, 0.1) is 12.6 Å². The molecule has 0 radical (unpaired) electrons. The summed E-state index contributed by atoms with van der Waals surface area (Å²) in [5.74, 6) is 0. The zero-order chi connectivity index (χ0) is 11.3. The molecule has 0 aliphatic rings. The summed E-state index contributed by atoms with van der Waals surface area (Å²) in [7, 11) is 0. The average Bonchev–Trinajstić information content (AvgIpc) is 2.18. The fourth-order valence-electron chi connectivity index (χ4n) is 1.60. The third-order valence-corrected chi connectivity index (χ3v) is 2.57. The molecule has 0 fully saturated rings. The Hall–Kier alpha value is -1.33. The first-order valence-electron chi connectivity index (χ1n) is 5.21. The van der Waals surface area contributed by atoms with E-state index in [1.165, 1.54) is 11.1 Å². The number of benzene rings is 1. The molecule has 0 atom stereocenters. The summed E-state index contributed by atoms with van der Waals surface area (Å²) in [6, 6.07) is 10.6. The number of hydrogen-bond donors (Lipinski definition) is 1. The van der Waals surface area contributed by atoms with Crippen molar-refractivity contribution in [2.24, 2.45) is 0 Å². The molecule has 0 spiro atoms. The second kappa shape index (κ2) is 4.95. The van der Waals surface area contributed by atoms with Gasteiger partial charge >= 0.3 is 0 Å². The topological polar surface area (TPSA) is 35.8 Å². The van der Waals surface area contributed by atoms with Gasteiger partial charge in [-0.25, -0.2) is 0 Å². The van der Waals surface area contributed by atoms with Gasteiger partial charge < -0.3 is 5.32 Å². The van der Waals surface area contributed by atoms with Gasteiger partial charge in [-0.05, 0) is 12.5 Å². The van der Waals surface area contributed by atoms with Crippen molar-refractivity contribution in [2.75, 3.05) is 13.1 Å². The molecule has 80 valence electrons. The van der Waals surface area contributed by atoms with Gasteiger partial charge in [0.1, 0.15) is 0 Å². The van der Waals surface area contributed by atoms with Crippen molar-refractivity contribution in [1.29, 1.82) is 5.26 Å². The van der Waals surface area contributed by atoms with E-state index in [2.05, 4.69) is 56.4 Å². The minimum absolute atomic E-state index is 0.0723. The Labute approximate surface area is 91.9 Å². The average molecular weight is 202 g/mol. The van der Waals surface area contributed by atoms with Crippen LogP contribution in [0.15, 0.2) is 24.3 Å². The number of hydrogen-bond acceptors (Lipinski definition) is 2. The highest BCUT2D eigenvalue weighted by molar-refractivity contribution is 5.28. The Morgan fingerprint density at radius 2 is 2.13 bits per heavy atom. The molecular weight excluding hydrogens is 184 g/mol. The molecule has 15 heavy (non-hydrogen) atoms.